The van der Waals surface area contributed by atoms with Crippen molar-refractivity contribution in [1.82, 2.24) is 14.8 Å². The summed E-state index contributed by atoms with van der Waals surface area (Å²) in [6, 6.07) is 12.5. The van der Waals surface area contributed by atoms with E-state index < -0.39 is 0 Å². The van der Waals surface area contributed by atoms with E-state index in [0.717, 1.165) is 4.90 Å². The first-order chi connectivity index (χ1) is 11.6. The second kappa shape index (κ2) is 7.70. The van der Waals surface area contributed by atoms with Crippen LogP contribution in [0.3, 0.4) is 0 Å². The van der Waals surface area contributed by atoms with Crippen LogP contribution in [0, 0.1) is 0 Å². The van der Waals surface area contributed by atoms with Crippen LogP contribution < -0.4 is 5.32 Å². The number of hydrogen-bond donors (Lipinski definition) is 1. The van der Waals surface area contributed by atoms with Gasteiger partial charge in [-0.25, -0.2) is 9.67 Å². The zero-order valence-corrected chi connectivity index (χ0v) is 14.6. The maximum atomic E-state index is 12.2. The minimum atomic E-state index is -0.140. The van der Waals surface area contributed by atoms with E-state index in [1.54, 1.807) is 41.3 Å². The average molecular weight is 379 g/mol. The molecule has 0 radical (unpaired) electrons. The second-order valence-electron chi connectivity index (χ2n) is 4.79. The molecule has 0 aliphatic heterocycles. The van der Waals surface area contributed by atoms with Crippen LogP contribution in [0.2, 0.25) is 10.0 Å². The van der Waals surface area contributed by atoms with Gasteiger partial charge < -0.3 is 5.32 Å². The summed E-state index contributed by atoms with van der Waals surface area (Å²) in [5.41, 5.74) is 1.27. The number of nitrogens with zero attached hydrogens (tertiary/aromatic N) is 3. The van der Waals surface area contributed by atoms with E-state index in [4.69, 9.17) is 23.2 Å². The van der Waals surface area contributed by atoms with E-state index in [2.05, 4.69) is 15.4 Å². The average Bonchev–Trinajstić information content (AvgIpc) is 3.09. The van der Waals surface area contributed by atoms with Gasteiger partial charge in [-0.3, -0.25) is 4.79 Å². The molecule has 24 heavy (non-hydrogen) atoms. The third kappa shape index (κ3) is 4.29. The summed E-state index contributed by atoms with van der Waals surface area (Å²) >= 11 is 13.3. The van der Waals surface area contributed by atoms with Gasteiger partial charge in [-0.15, -0.1) is 11.8 Å². The van der Waals surface area contributed by atoms with Crippen LogP contribution in [0.15, 0.2) is 60.0 Å². The van der Waals surface area contributed by atoms with E-state index in [1.165, 1.54) is 18.1 Å². The molecule has 0 aliphatic carbocycles. The molecule has 8 heteroatoms. The first-order valence-electron chi connectivity index (χ1n) is 6.94. The molecular weight excluding hydrogens is 367 g/mol. The van der Waals surface area contributed by atoms with Crippen LogP contribution in [0.25, 0.3) is 5.69 Å². The van der Waals surface area contributed by atoms with Gasteiger partial charge in [-0.05, 0) is 42.5 Å². The molecule has 3 aromatic rings. The fourth-order valence-corrected chi connectivity index (χ4v) is 3.00. The summed E-state index contributed by atoms with van der Waals surface area (Å²) in [4.78, 5) is 17.1. The number of rotatable bonds is 5. The molecule has 0 saturated carbocycles. The van der Waals surface area contributed by atoms with E-state index in [1.807, 2.05) is 12.1 Å². The third-order valence-corrected chi connectivity index (χ3v) is 4.58. The van der Waals surface area contributed by atoms with Crippen LogP contribution in [0.4, 0.5) is 5.69 Å². The highest BCUT2D eigenvalue weighted by molar-refractivity contribution is 8.00. The van der Waals surface area contributed by atoms with Crippen molar-refractivity contribution < 1.29 is 4.79 Å². The van der Waals surface area contributed by atoms with Gasteiger partial charge in [0.2, 0.25) is 5.91 Å². The quantitative estimate of drug-likeness (QED) is 0.672. The lowest BCUT2D eigenvalue weighted by Gasteiger charge is -2.11. The molecule has 1 N–H and O–H groups in total. The molecule has 122 valence electrons. The maximum Gasteiger partial charge on any atom is 0.234 e. The molecule has 5 nitrogen and oxygen atoms in total. The summed E-state index contributed by atoms with van der Waals surface area (Å²) < 4.78 is 1.57. The molecule has 0 atom stereocenters. The first kappa shape index (κ1) is 16.8. The smallest absolute Gasteiger partial charge is 0.234 e. The van der Waals surface area contributed by atoms with Gasteiger partial charge in [-0.2, -0.15) is 5.10 Å². The van der Waals surface area contributed by atoms with Gasteiger partial charge >= 0.3 is 0 Å². The number of benzene rings is 2. The Labute approximate surface area is 153 Å². The number of carbonyl (C=O) groups is 1. The van der Waals surface area contributed by atoms with E-state index >= 15 is 0 Å². The Morgan fingerprint density at radius 3 is 2.58 bits per heavy atom. The number of carbonyl (C=O) groups excluding carboxylic acids is 1. The standard InChI is InChI=1S/C16H12Cl2N4OS/c17-11-1-4-13(5-2-11)24-8-16(23)21-14-7-12(18)3-6-15(14)22-10-19-9-20-22/h1-7,9-10H,8H2,(H,21,23). The van der Waals surface area contributed by atoms with Gasteiger partial charge in [0.1, 0.15) is 12.7 Å². The highest BCUT2D eigenvalue weighted by Crippen LogP contribution is 2.25. The fraction of sp³-hybridized carbons (Fsp3) is 0.0625. The molecule has 0 aliphatic rings. The van der Waals surface area contributed by atoms with Crippen molar-refractivity contribution in [3.63, 3.8) is 0 Å². The molecule has 2 aromatic carbocycles. The number of hydrogen-bond acceptors (Lipinski definition) is 4. The molecular formula is C16H12Cl2N4OS. The van der Waals surface area contributed by atoms with Crippen molar-refractivity contribution in [2.75, 3.05) is 11.1 Å². The Kier molecular flexibility index (Phi) is 5.40. The molecule has 0 saturated heterocycles. The zero-order chi connectivity index (χ0) is 16.9. The van der Waals surface area contributed by atoms with Crippen molar-refractivity contribution in [3.8, 4) is 5.69 Å². The van der Waals surface area contributed by atoms with Crippen LogP contribution in [0.5, 0.6) is 0 Å². The van der Waals surface area contributed by atoms with E-state index in [-0.39, 0.29) is 11.7 Å². The van der Waals surface area contributed by atoms with Gasteiger partial charge in [0, 0.05) is 14.9 Å². The predicted molar refractivity (Wildman–Crippen MR) is 97.2 cm³/mol. The SMILES string of the molecule is O=C(CSc1ccc(Cl)cc1)Nc1cc(Cl)ccc1-n1cncn1. The molecule has 1 heterocycles. The number of halogens is 2. The maximum absolute atomic E-state index is 12.2. The van der Waals surface area contributed by atoms with Gasteiger partial charge in [0.15, 0.2) is 0 Å². The molecule has 1 aromatic heterocycles. The van der Waals surface area contributed by atoms with Crippen molar-refractivity contribution in [1.29, 1.82) is 0 Å². The minimum Gasteiger partial charge on any atom is -0.323 e. The second-order valence-corrected chi connectivity index (χ2v) is 6.71. The van der Waals surface area contributed by atoms with Crippen LogP contribution in [-0.4, -0.2) is 26.4 Å². The predicted octanol–water partition coefficient (Wildman–Crippen LogP) is 4.30. The van der Waals surface area contributed by atoms with Crippen molar-refractivity contribution in [2.45, 2.75) is 4.90 Å². The summed E-state index contributed by atoms with van der Waals surface area (Å²) in [5, 5.41) is 8.14. The highest BCUT2D eigenvalue weighted by atomic mass is 35.5. The molecule has 1 amide bonds. The molecule has 0 bridgehead atoms. The van der Waals surface area contributed by atoms with Crippen molar-refractivity contribution in [2.24, 2.45) is 0 Å². The zero-order valence-electron chi connectivity index (χ0n) is 12.3. The Hall–Kier alpha value is -2.02. The summed E-state index contributed by atoms with van der Waals surface area (Å²) in [6.07, 6.45) is 2.98. The molecule has 0 unspecified atom stereocenters. The normalized spacial score (nSPS) is 10.6. The fourth-order valence-electron chi connectivity index (χ4n) is 2.01. The third-order valence-electron chi connectivity index (χ3n) is 3.08. The Balaban J connectivity index is 1.70. The lowest BCUT2D eigenvalue weighted by molar-refractivity contribution is -0.113. The monoisotopic (exact) mass is 378 g/mol. The lowest BCUT2D eigenvalue weighted by Crippen LogP contribution is -2.16. The van der Waals surface area contributed by atoms with Crippen LogP contribution >= 0.6 is 35.0 Å². The minimum absolute atomic E-state index is 0.140. The Bertz CT molecular complexity index is 838. The van der Waals surface area contributed by atoms with E-state index in [9.17, 15) is 4.79 Å². The van der Waals surface area contributed by atoms with Crippen molar-refractivity contribution >= 4 is 46.6 Å². The van der Waals surface area contributed by atoms with Crippen LogP contribution in [-0.2, 0) is 4.79 Å². The number of nitrogens with one attached hydrogen (secondary N) is 1. The van der Waals surface area contributed by atoms with Crippen molar-refractivity contribution in [3.05, 3.63) is 65.2 Å². The molecule has 3 rings (SSSR count). The van der Waals surface area contributed by atoms with Gasteiger partial charge in [-0.1, -0.05) is 23.2 Å². The Morgan fingerprint density at radius 1 is 1.12 bits per heavy atom. The summed E-state index contributed by atoms with van der Waals surface area (Å²) in [5.74, 6) is 0.129. The molecule has 0 fully saturated rings. The van der Waals surface area contributed by atoms with E-state index in [0.29, 0.717) is 21.4 Å². The van der Waals surface area contributed by atoms with Gasteiger partial charge in [0.05, 0.1) is 17.1 Å². The Morgan fingerprint density at radius 2 is 1.88 bits per heavy atom. The summed E-state index contributed by atoms with van der Waals surface area (Å²) in [7, 11) is 0. The summed E-state index contributed by atoms with van der Waals surface area (Å²) in [6.45, 7) is 0. The lowest BCUT2D eigenvalue weighted by atomic mass is 10.2. The topological polar surface area (TPSA) is 59.8 Å². The highest BCUT2D eigenvalue weighted by Gasteiger charge is 2.10. The largest absolute Gasteiger partial charge is 0.323 e. The van der Waals surface area contributed by atoms with Crippen LogP contribution in [0.1, 0.15) is 0 Å². The number of thioether (sulfide) groups is 1. The number of amides is 1. The number of anilines is 1. The van der Waals surface area contributed by atoms with Gasteiger partial charge in [0.25, 0.3) is 0 Å². The number of aromatic nitrogens is 3. The molecule has 0 spiro atoms. The first-order valence-corrected chi connectivity index (χ1v) is 8.69.